The molecule has 8 heteroatoms. The fourth-order valence-electron chi connectivity index (χ4n) is 3.56. The van der Waals surface area contributed by atoms with Crippen molar-refractivity contribution in [2.45, 2.75) is 32.0 Å². The predicted octanol–water partition coefficient (Wildman–Crippen LogP) is 5.11. The third-order valence-electron chi connectivity index (χ3n) is 4.93. The topological polar surface area (TPSA) is 62.2 Å². The van der Waals surface area contributed by atoms with Gasteiger partial charge < -0.3 is 9.64 Å². The predicted molar refractivity (Wildman–Crippen MR) is 128 cm³/mol. The summed E-state index contributed by atoms with van der Waals surface area (Å²) in [6.45, 7) is 7.55. The molecule has 0 bridgehead atoms. The molecule has 2 aliphatic rings. The maximum Gasteiger partial charge on any atom is 0.365 e. The molecule has 0 amide bonds. The van der Waals surface area contributed by atoms with E-state index in [1.807, 2.05) is 73.5 Å². The van der Waals surface area contributed by atoms with Crippen molar-refractivity contribution in [3.05, 3.63) is 70.8 Å². The van der Waals surface area contributed by atoms with Gasteiger partial charge in [-0.05, 0) is 63.7 Å². The van der Waals surface area contributed by atoms with E-state index >= 15 is 0 Å². The molecule has 4 rings (SSSR count). The van der Waals surface area contributed by atoms with Crippen molar-refractivity contribution in [3.63, 3.8) is 0 Å². The molecule has 0 unspecified atom stereocenters. The van der Waals surface area contributed by atoms with Crippen molar-refractivity contribution >= 4 is 51.7 Å². The highest BCUT2D eigenvalue weighted by Gasteiger charge is 2.57. The molecule has 2 aromatic rings. The van der Waals surface area contributed by atoms with Gasteiger partial charge in [-0.3, -0.25) is 4.79 Å². The lowest BCUT2D eigenvalue weighted by Gasteiger charge is -2.41. The zero-order valence-electron chi connectivity index (χ0n) is 17.8. The SMILES string of the molecule is CCOC(=O)C1=NN(c2ccc(C)cc2)[C@@]2(S1)SC(C(C)=O)=C(C)N2c1ccccc1. The lowest BCUT2D eigenvalue weighted by molar-refractivity contribution is -0.134. The molecule has 31 heavy (non-hydrogen) atoms. The van der Waals surface area contributed by atoms with Gasteiger partial charge in [0, 0.05) is 11.4 Å². The molecule has 1 spiro atoms. The van der Waals surface area contributed by atoms with Gasteiger partial charge in [0.1, 0.15) is 0 Å². The Morgan fingerprint density at radius 3 is 2.29 bits per heavy atom. The van der Waals surface area contributed by atoms with Crippen LogP contribution in [0.25, 0.3) is 0 Å². The van der Waals surface area contributed by atoms with Crippen LogP contribution in [0, 0.1) is 6.92 Å². The smallest absolute Gasteiger partial charge is 0.365 e. The van der Waals surface area contributed by atoms with Crippen LogP contribution in [0.3, 0.4) is 0 Å². The zero-order valence-corrected chi connectivity index (χ0v) is 19.4. The molecule has 6 nitrogen and oxygen atoms in total. The first kappa shape index (κ1) is 21.5. The minimum absolute atomic E-state index is 0.0191. The van der Waals surface area contributed by atoms with Crippen molar-refractivity contribution in [2.24, 2.45) is 5.10 Å². The fraction of sp³-hybridized carbons (Fsp3) is 0.261. The number of thioether (sulfide) groups is 2. The number of hydrazone groups is 1. The van der Waals surface area contributed by atoms with E-state index in [0.29, 0.717) is 4.91 Å². The molecular weight excluding hydrogens is 430 g/mol. The quantitative estimate of drug-likeness (QED) is 0.583. The van der Waals surface area contributed by atoms with Crippen molar-refractivity contribution in [1.82, 2.24) is 0 Å². The van der Waals surface area contributed by atoms with Gasteiger partial charge in [0.05, 0.1) is 17.2 Å². The van der Waals surface area contributed by atoms with Gasteiger partial charge in [-0.25, -0.2) is 9.80 Å². The van der Waals surface area contributed by atoms with E-state index in [2.05, 4.69) is 10.0 Å². The number of Topliss-reactive ketones (excluding diaryl/α,β-unsaturated/α-hetero) is 1. The number of carbonyl (C=O) groups excluding carboxylic acids is 2. The number of anilines is 2. The molecule has 0 saturated heterocycles. The van der Waals surface area contributed by atoms with Crippen molar-refractivity contribution in [3.8, 4) is 0 Å². The van der Waals surface area contributed by atoms with Crippen LogP contribution in [-0.4, -0.2) is 27.7 Å². The van der Waals surface area contributed by atoms with Gasteiger partial charge in [-0.1, -0.05) is 47.7 Å². The number of rotatable bonds is 5. The Balaban J connectivity index is 1.89. The van der Waals surface area contributed by atoms with E-state index in [0.717, 1.165) is 22.6 Å². The average Bonchev–Trinajstić information content (AvgIpc) is 3.27. The molecule has 0 N–H and O–H groups in total. The lowest BCUT2D eigenvalue weighted by atomic mass is 10.2. The normalized spacial score (nSPS) is 20.5. The zero-order chi connectivity index (χ0) is 22.2. The van der Waals surface area contributed by atoms with Crippen LogP contribution in [0.2, 0.25) is 0 Å². The number of ketones is 1. The third-order valence-corrected chi connectivity index (χ3v) is 7.90. The van der Waals surface area contributed by atoms with Crippen LogP contribution in [0.15, 0.2) is 70.3 Å². The number of benzene rings is 2. The number of nitrogens with zero attached hydrogens (tertiary/aromatic N) is 3. The van der Waals surface area contributed by atoms with Gasteiger partial charge in [-0.2, -0.15) is 5.10 Å². The largest absolute Gasteiger partial charge is 0.461 e. The number of carbonyl (C=O) groups is 2. The summed E-state index contributed by atoms with van der Waals surface area (Å²) in [4.78, 5) is 27.9. The number of aryl methyl sites for hydroxylation is 1. The summed E-state index contributed by atoms with van der Waals surface area (Å²) in [6, 6.07) is 17.8. The number of allylic oxidation sites excluding steroid dienone is 2. The van der Waals surface area contributed by atoms with E-state index < -0.39 is 10.3 Å². The van der Waals surface area contributed by atoms with E-state index in [4.69, 9.17) is 4.74 Å². The monoisotopic (exact) mass is 453 g/mol. The van der Waals surface area contributed by atoms with Gasteiger partial charge in [0.25, 0.3) is 0 Å². The van der Waals surface area contributed by atoms with Crippen molar-refractivity contribution in [1.29, 1.82) is 0 Å². The molecule has 0 fully saturated rings. The van der Waals surface area contributed by atoms with Crippen LogP contribution in [0.5, 0.6) is 0 Å². The molecule has 0 aromatic heterocycles. The van der Waals surface area contributed by atoms with E-state index in [-0.39, 0.29) is 17.4 Å². The molecule has 2 heterocycles. The molecule has 160 valence electrons. The Morgan fingerprint density at radius 1 is 1.00 bits per heavy atom. The Bertz CT molecular complexity index is 1080. The van der Waals surface area contributed by atoms with Crippen LogP contribution >= 0.6 is 23.5 Å². The summed E-state index contributed by atoms with van der Waals surface area (Å²) in [7, 11) is 0. The Labute approximate surface area is 190 Å². The summed E-state index contributed by atoms with van der Waals surface area (Å²) < 4.78 is 4.35. The van der Waals surface area contributed by atoms with Crippen molar-refractivity contribution < 1.29 is 14.3 Å². The first-order valence-electron chi connectivity index (χ1n) is 9.95. The highest BCUT2D eigenvalue weighted by atomic mass is 32.2. The van der Waals surface area contributed by atoms with E-state index in [9.17, 15) is 9.59 Å². The van der Waals surface area contributed by atoms with Crippen LogP contribution < -0.4 is 9.91 Å². The van der Waals surface area contributed by atoms with Crippen LogP contribution in [-0.2, 0) is 14.3 Å². The van der Waals surface area contributed by atoms with Gasteiger partial charge in [-0.15, -0.1) is 0 Å². The number of hydrogen-bond acceptors (Lipinski definition) is 8. The Kier molecular flexibility index (Phi) is 5.85. The first-order valence-corrected chi connectivity index (χ1v) is 11.6. The van der Waals surface area contributed by atoms with E-state index in [1.165, 1.54) is 23.5 Å². The highest BCUT2D eigenvalue weighted by Crippen LogP contribution is 2.60. The minimum atomic E-state index is -0.899. The van der Waals surface area contributed by atoms with Crippen LogP contribution in [0.1, 0.15) is 26.3 Å². The maximum absolute atomic E-state index is 12.6. The van der Waals surface area contributed by atoms with Gasteiger partial charge in [0.2, 0.25) is 9.37 Å². The molecule has 2 aliphatic heterocycles. The molecular formula is C23H23N3O3S2. The van der Waals surface area contributed by atoms with Gasteiger partial charge in [0.15, 0.2) is 5.78 Å². The van der Waals surface area contributed by atoms with Gasteiger partial charge >= 0.3 is 5.97 Å². The standard InChI is InChI=1S/C23H23N3O3S2/c1-5-29-22(28)21-24-26(19-13-11-15(2)12-14-19)23(31-21)25(18-9-7-6-8-10-18)16(3)20(30-23)17(4)27/h6-14H,5H2,1-4H3/t23-/m1/s1. The second-order valence-electron chi connectivity index (χ2n) is 7.17. The fourth-order valence-corrected chi connectivity index (χ4v) is 6.51. The summed E-state index contributed by atoms with van der Waals surface area (Å²) in [5, 5.41) is 6.76. The lowest BCUT2D eigenvalue weighted by Crippen LogP contribution is -2.49. The Morgan fingerprint density at radius 2 is 1.68 bits per heavy atom. The highest BCUT2D eigenvalue weighted by molar-refractivity contribution is 8.29. The summed E-state index contributed by atoms with van der Waals surface area (Å²) in [6.07, 6.45) is 0. The molecule has 2 aromatic carbocycles. The number of esters is 1. The second kappa shape index (κ2) is 8.43. The molecule has 0 saturated carbocycles. The van der Waals surface area contributed by atoms with Crippen LogP contribution in [0.4, 0.5) is 11.4 Å². The Hall–Kier alpha value is -2.71. The minimum Gasteiger partial charge on any atom is -0.461 e. The second-order valence-corrected chi connectivity index (χ2v) is 9.77. The summed E-state index contributed by atoms with van der Waals surface area (Å²) >= 11 is 2.71. The number of hydrogen-bond donors (Lipinski definition) is 0. The molecule has 0 radical (unpaired) electrons. The molecule has 1 atom stereocenters. The number of para-hydroxylation sites is 1. The molecule has 0 aliphatic carbocycles. The third kappa shape index (κ3) is 3.74. The van der Waals surface area contributed by atoms with Crippen molar-refractivity contribution in [2.75, 3.05) is 16.5 Å². The maximum atomic E-state index is 12.6. The summed E-state index contributed by atoms with van der Waals surface area (Å²) in [5.41, 5.74) is 3.68. The average molecular weight is 454 g/mol. The summed E-state index contributed by atoms with van der Waals surface area (Å²) in [5.74, 6) is -0.488. The first-order chi connectivity index (χ1) is 14.9. The number of ether oxygens (including phenoxy) is 1. The van der Waals surface area contributed by atoms with E-state index in [1.54, 1.807) is 13.8 Å².